The molecule has 4 atom stereocenters. The zero-order valence-electron chi connectivity index (χ0n) is 16.4. The van der Waals surface area contributed by atoms with E-state index in [0.29, 0.717) is 25.8 Å². The van der Waals surface area contributed by atoms with E-state index < -0.39 is 39.3 Å². The number of amides is 1. The summed E-state index contributed by atoms with van der Waals surface area (Å²) in [4.78, 5) is 36.2. The van der Waals surface area contributed by atoms with Gasteiger partial charge < -0.3 is 0 Å². The Morgan fingerprint density at radius 1 is 1.22 bits per heavy atom. The molecule has 27 heavy (non-hydrogen) atoms. The summed E-state index contributed by atoms with van der Waals surface area (Å²) in [5.41, 5.74) is 11.3. The summed E-state index contributed by atoms with van der Waals surface area (Å²) in [7, 11) is 0. The molecule has 0 fully saturated rings. The monoisotopic (exact) mass is 470 g/mol. The molecule has 0 aliphatic rings. The van der Waals surface area contributed by atoms with Crippen molar-refractivity contribution in [1.82, 2.24) is 9.65 Å². The number of nitrogens with one attached hydrogen (secondary N) is 2. The maximum atomic E-state index is 12.6. The van der Waals surface area contributed by atoms with Crippen LogP contribution < -0.4 is 21.1 Å². The Hall–Kier alpha value is -0.641. The molecule has 0 rings (SSSR count). The van der Waals surface area contributed by atoms with Gasteiger partial charge in [-0.1, -0.05) is 0 Å². The molecule has 8 nitrogen and oxygen atoms in total. The fraction of sp³-hybridized carbons (Fsp3) is 0.824. The first-order chi connectivity index (χ1) is 12.8. The summed E-state index contributed by atoms with van der Waals surface area (Å²) in [5.74, 6) is -0.900. The number of hydrogen-bond donors (Lipinski definition) is 5. The van der Waals surface area contributed by atoms with Crippen molar-refractivity contribution < 1.29 is 19.5 Å². The van der Waals surface area contributed by atoms with Gasteiger partial charge in [0.2, 0.25) is 0 Å². The molecule has 0 aromatic heterocycles. The first-order valence-corrected chi connectivity index (χ1v) is 12.3. The first-order valence-electron chi connectivity index (χ1n) is 9.22. The van der Waals surface area contributed by atoms with Gasteiger partial charge >= 0.3 is 173 Å². The third-order valence-corrected chi connectivity index (χ3v) is 6.82. The van der Waals surface area contributed by atoms with Crippen LogP contribution >= 0.6 is 11.8 Å². The third kappa shape index (κ3) is 11.1. The molecule has 10 heteroatoms. The molecule has 0 heterocycles. The molecule has 0 bridgehead atoms. The summed E-state index contributed by atoms with van der Waals surface area (Å²) in [6.45, 7) is 4.24. The van der Waals surface area contributed by atoms with Crippen LogP contribution in [0, 0.1) is 5.92 Å². The van der Waals surface area contributed by atoms with Gasteiger partial charge in [-0.2, -0.15) is 0 Å². The number of carboxylic acids is 1. The average Bonchev–Trinajstić information content (AvgIpc) is 2.64. The number of thioether (sulfide) groups is 1. The Morgan fingerprint density at radius 3 is 2.41 bits per heavy atom. The predicted octanol–water partition coefficient (Wildman–Crippen LogP) is -0.0847. The average molecular weight is 470 g/mol. The molecule has 0 aromatic rings. The van der Waals surface area contributed by atoms with Crippen LogP contribution in [0.2, 0.25) is 0 Å². The number of unbranched alkanes of at least 4 members (excludes halogenated alkanes) is 1. The standard InChI is InChI=1S/C17H34N4O4SSe/c1-4-11(2)14(16(23)24)20-15(22)13(8-10-26-3)21-27-17(25)12(19)7-5-6-9-18/h11-14,21H,4-10,18-19H2,1-3H3,(H,20,22)(H,23,24)/t11-,12-,13-,14-/m0/s1. The zero-order valence-corrected chi connectivity index (χ0v) is 18.9. The second-order valence-electron chi connectivity index (χ2n) is 6.47. The third-order valence-electron chi connectivity index (χ3n) is 4.28. The Morgan fingerprint density at radius 2 is 1.89 bits per heavy atom. The van der Waals surface area contributed by atoms with Crippen molar-refractivity contribution in [2.45, 2.75) is 64.1 Å². The topological polar surface area (TPSA) is 148 Å². The summed E-state index contributed by atoms with van der Waals surface area (Å²) in [5, 5.41) is 12.0. The van der Waals surface area contributed by atoms with Gasteiger partial charge in [0.05, 0.1) is 0 Å². The fourth-order valence-corrected chi connectivity index (χ4v) is 4.30. The van der Waals surface area contributed by atoms with Crippen molar-refractivity contribution in [2.24, 2.45) is 17.4 Å². The van der Waals surface area contributed by atoms with Crippen molar-refractivity contribution >= 4 is 43.5 Å². The van der Waals surface area contributed by atoms with Gasteiger partial charge in [-0.25, -0.2) is 0 Å². The number of carboxylic acid groups (broad SMARTS) is 1. The molecule has 1 amide bonds. The van der Waals surface area contributed by atoms with E-state index in [1.165, 1.54) is 0 Å². The van der Waals surface area contributed by atoms with E-state index in [0.717, 1.165) is 18.6 Å². The molecule has 0 aliphatic heterocycles. The maximum absolute atomic E-state index is 12.6. The Labute approximate surface area is 172 Å². The molecule has 7 N–H and O–H groups in total. The van der Waals surface area contributed by atoms with E-state index in [2.05, 4.69) is 9.65 Å². The molecule has 0 aromatic carbocycles. The zero-order chi connectivity index (χ0) is 20.8. The summed E-state index contributed by atoms with van der Waals surface area (Å²) in [6, 6.07) is -2.11. The van der Waals surface area contributed by atoms with E-state index in [4.69, 9.17) is 11.5 Å². The normalized spacial score (nSPS) is 15.6. The van der Waals surface area contributed by atoms with Crippen LogP contribution in [-0.4, -0.2) is 73.5 Å². The molecule has 0 aliphatic carbocycles. The predicted molar refractivity (Wildman–Crippen MR) is 111 cm³/mol. The summed E-state index contributed by atoms with van der Waals surface area (Å²) >= 11 is 0.945. The second-order valence-corrected chi connectivity index (χ2v) is 9.23. The first kappa shape index (κ1) is 26.4. The summed E-state index contributed by atoms with van der Waals surface area (Å²) < 4.78 is 2.92. The van der Waals surface area contributed by atoms with Gasteiger partial charge in [-0.15, -0.1) is 0 Å². The van der Waals surface area contributed by atoms with Crippen LogP contribution in [-0.2, 0) is 14.4 Å². The molecule has 0 spiro atoms. The second kappa shape index (κ2) is 15.3. The van der Waals surface area contributed by atoms with Crippen molar-refractivity contribution in [3.8, 4) is 0 Å². The number of carbonyl (C=O) groups excluding carboxylic acids is 2. The van der Waals surface area contributed by atoms with Gasteiger partial charge in [0, 0.05) is 0 Å². The minimum atomic E-state index is -1.05. The van der Waals surface area contributed by atoms with E-state index in [1.54, 1.807) is 18.7 Å². The number of rotatable bonds is 16. The molecule has 0 saturated carbocycles. The van der Waals surface area contributed by atoms with Gasteiger partial charge in [-0.05, 0) is 0 Å². The minimum absolute atomic E-state index is 0.0989. The van der Waals surface area contributed by atoms with Crippen LogP contribution in [0.5, 0.6) is 0 Å². The van der Waals surface area contributed by atoms with Crippen LogP contribution in [0.1, 0.15) is 46.0 Å². The molecule has 0 unspecified atom stereocenters. The molecule has 0 radical (unpaired) electrons. The molecular formula is C17H34N4O4SSe. The Kier molecular flexibility index (Phi) is 14.9. The van der Waals surface area contributed by atoms with Crippen molar-refractivity contribution in [3.05, 3.63) is 0 Å². The summed E-state index contributed by atoms with van der Waals surface area (Å²) in [6.07, 6.45) is 5.28. The van der Waals surface area contributed by atoms with E-state index in [1.807, 2.05) is 13.2 Å². The SMILES string of the molecule is CC[C@H](C)[C@H](NC(=O)[C@H](CCSC)N[Se]C(=O)[C@@H](N)CCCCN)C(=O)O. The van der Waals surface area contributed by atoms with Gasteiger partial charge in [0.25, 0.3) is 0 Å². The number of hydrogen-bond acceptors (Lipinski definition) is 7. The Balaban J connectivity index is 4.78. The van der Waals surface area contributed by atoms with Crippen LogP contribution in [0.15, 0.2) is 0 Å². The molecule has 158 valence electrons. The van der Waals surface area contributed by atoms with Gasteiger partial charge in [0.15, 0.2) is 0 Å². The number of carbonyl (C=O) groups is 3. The van der Waals surface area contributed by atoms with E-state index in [-0.39, 0.29) is 16.5 Å². The van der Waals surface area contributed by atoms with Crippen molar-refractivity contribution in [1.29, 1.82) is 0 Å². The van der Waals surface area contributed by atoms with E-state index in [9.17, 15) is 19.5 Å². The van der Waals surface area contributed by atoms with Crippen LogP contribution in [0.3, 0.4) is 0 Å². The quantitative estimate of drug-likeness (QED) is 0.156. The Bertz CT molecular complexity index is 470. The number of aliphatic carboxylic acids is 1. The van der Waals surface area contributed by atoms with Gasteiger partial charge in [-0.3, -0.25) is 0 Å². The fourth-order valence-electron chi connectivity index (χ4n) is 2.25. The van der Waals surface area contributed by atoms with Crippen LogP contribution in [0.25, 0.3) is 0 Å². The van der Waals surface area contributed by atoms with Crippen molar-refractivity contribution in [3.63, 3.8) is 0 Å². The van der Waals surface area contributed by atoms with Gasteiger partial charge in [0.1, 0.15) is 0 Å². The molecular weight excluding hydrogens is 435 g/mol. The number of nitrogens with two attached hydrogens (primary N) is 2. The van der Waals surface area contributed by atoms with Crippen LogP contribution in [0.4, 0.5) is 0 Å². The van der Waals surface area contributed by atoms with Crippen molar-refractivity contribution in [2.75, 3.05) is 18.6 Å². The molecule has 0 saturated heterocycles. The van der Waals surface area contributed by atoms with E-state index >= 15 is 0 Å².